The van der Waals surface area contributed by atoms with E-state index in [0.29, 0.717) is 0 Å². The largest absolute Gasteiger partial charge is 0.486 e. The highest BCUT2D eigenvalue weighted by molar-refractivity contribution is 7.92. The third-order valence-corrected chi connectivity index (χ3v) is 8.08. The molecule has 1 aromatic carbocycles. The predicted molar refractivity (Wildman–Crippen MR) is 129 cm³/mol. The van der Waals surface area contributed by atoms with E-state index in [9.17, 15) is 26.7 Å². The number of ether oxygens (including phenoxy) is 1. The number of aliphatic hydroxyl groups excluding tert-OH is 1. The van der Waals surface area contributed by atoms with Crippen LogP contribution in [0.3, 0.4) is 0 Å². The molecular weight excluding hydrogens is 498 g/mol. The van der Waals surface area contributed by atoms with Crippen molar-refractivity contribution < 1.29 is 31.5 Å². The molecular formula is C21H31N5O7S2. The zero-order valence-electron chi connectivity index (χ0n) is 20.2. The van der Waals surface area contributed by atoms with Crippen LogP contribution in [0.5, 0.6) is 5.75 Å². The van der Waals surface area contributed by atoms with Crippen molar-refractivity contribution in [2.24, 2.45) is 13.0 Å². The van der Waals surface area contributed by atoms with Gasteiger partial charge >= 0.3 is 0 Å². The maximum atomic E-state index is 13.4. The van der Waals surface area contributed by atoms with Gasteiger partial charge < -0.3 is 19.3 Å². The highest BCUT2D eigenvalue weighted by Crippen LogP contribution is 2.35. The highest BCUT2D eigenvalue weighted by atomic mass is 32.2. The summed E-state index contributed by atoms with van der Waals surface area (Å²) in [5.41, 5.74) is 0.162. The number of aryl methyl sites for hydroxylation is 1. The fourth-order valence-electron chi connectivity index (χ4n) is 3.77. The topological polar surface area (TPSA) is 151 Å². The Morgan fingerprint density at radius 1 is 1.31 bits per heavy atom. The Balaban J connectivity index is 2.06. The van der Waals surface area contributed by atoms with Gasteiger partial charge in [0, 0.05) is 32.8 Å². The number of hydrogen-bond acceptors (Lipinski definition) is 8. The quantitative estimate of drug-likeness (QED) is 0.497. The lowest BCUT2D eigenvalue weighted by atomic mass is 9.99. The molecule has 0 unspecified atom stereocenters. The number of nitrogens with zero attached hydrogens (tertiary/aromatic N) is 4. The van der Waals surface area contributed by atoms with E-state index < -0.39 is 38.1 Å². The average Bonchev–Trinajstić information content (AvgIpc) is 3.22. The lowest BCUT2D eigenvalue weighted by Crippen LogP contribution is -2.50. The van der Waals surface area contributed by atoms with Crippen molar-refractivity contribution >= 4 is 31.6 Å². The van der Waals surface area contributed by atoms with Gasteiger partial charge in [-0.15, -0.1) is 0 Å². The van der Waals surface area contributed by atoms with E-state index in [1.807, 2.05) is 0 Å². The molecule has 1 amide bonds. The summed E-state index contributed by atoms with van der Waals surface area (Å²) >= 11 is 0. The number of amides is 1. The second kappa shape index (κ2) is 10.1. The number of anilines is 1. The number of rotatable bonds is 8. The molecule has 12 nitrogen and oxygen atoms in total. The molecule has 0 aliphatic carbocycles. The summed E-state index contributed by atoms with van der Waals surface area (Å²) in [5, 5.41) is 9.62. The normalized spacial score (nSPS) is 20.1. The molecule has 2 heterocycles. The van der Waals surface area contributed by atoms with Gasteiger partial charge in [-0.2, -0.15) is 4.31 Å². The first-order valence-corrected chi connectivity index (χ1v) is 14.2. The fraction of sp³-hybridized carbons (Fsp3) is 0.524. The Kier molecular flexibility index (Phi) is 7.79. The Morgan fingerprint density at radius 2 is 2.00 bits per heavy atom. The van der Waals surface area contributed by atoms with Crippen molar-refractivity contribution in [1.29, 1.82) is 0 Å². The zero-order valence-corrected chi connectivity index (χ0v) is 21.9. The van der Waals surface area contributed by atoms with Crippen molar-refractivity contribution in [3.05, 3.63) is 36.3 Å². The van der Waals surface area contributed by atoms with Gasteiger partial charge in [0.1, 0.15) is 6.10 Å². The summed E-state index contributed by atoms with van der Waals surface area (Å²) in [4.78, 5) is 18.8. The molecule has 1 aromatic heterocycles. The Morgan fingerprint density at radius 3 is 2.57 bits per heavy atom. The summed E-state index contributed by atoms with van der Waals surface area (Å²) in [6, 6.07) is 3.96. The summed E-state index contributed by atoms with van der Waals surface area (Å²) in [6.45, 7) is 3.30. The third kappa shape index (κ3) is 5.94. The van der Waals surface area contributed by atoms with Crippen molar-refractivity contribution in [2.45, 2.75) is 31.0 Å². The standard InChI is InChI=1S/C21H31N5O7S2/c1-14-9-26(15(2)12-27)21(28)16-7-6-8-17(23-34(5,29)30)20(16)33-18(14)10-25(4)35(31,32)19-11-24(3)13-22-19/h6-8,11,13-15,18,23,27H,9-10,12H2,1-5H3/t14-,15-,18-/m0/s1. The van der Waals surface area contributed by atoms with Crippen LogP contribution >= 0.6 is 0 Å². The summed E-state index contributed by atoms with van der Waals surface area (Å²) in [5.74, 6) is -0.814. The number of hydrogen-bond donors (Lipinski definition) is 2. The number of sulfonamides is 2. The summed E-state index contributed by atoms with van der Waals surface area (Å²) in [7, 11) is -4.58. The molecule has 1 aliphatic heterocycles. The van der Waals surface area contributed by atoms with Gasteiger partial charge in [-0.25, -0.2) is 21.8 Å². The van der Waals surface area contributed by atoms with Crippen molar-refractivity contribution in [3.8, 4) is 5.75 Å². The minimum Gasteiger partial charge on any atom is -0.486 e. The molecule has 0 fully saturated rings. The van der Waals surface area contributed by atoms with Crippen LogP contribution in [0.25, 0.3) is 0 Å². The van der Waals surface area contributed by atoms with Gasteiger partial charge in [0.05, 0.1) is 43.0 Å². The van der Waals surface area contributed by atoms with Gasteiger partial charge in [-0.1, -0.05) is 13.0 Å². The fourth-order valence-corrected chi connectivity index (χ4v) is 5.48. The third-order valence-electron chi connectivity index (χ3n) is 5.78. The number of carbonyl (C=O) groups is 1. The first-order valence-electron chi connectivity index (χ1n) is 10.9. The monoisotopic (exact) mass is 529 g/mol. The van der Waals surface area contributed by atoms with E-state index in [2.05, 4.69) is 9.71 Å². The van der Waals surface area contributed by atoms with E-state index in [4.69, 9.17) is 4.74 Å². The molecule has 1 aliphatic rings. The number of fused-ring (bicyclic) bond motifs is 1. The van der Waals surface area contributed by atoms with Crippen LogP contribution < -0.4 is 9.46 Å². The smallest absolute Gasteiger partial charge is 0.261 e. The van der Waals surface area contributed by atoms with Gasteiger partial charge in [-0.3, -0.25) is 9.52 Å². The van der Waals surface area contributed by atoms with Crippen LogP contribution in [0.15, 0.2) is 35.7 Å². The van der Waals surface area contributed by atoms with Crippen LogP contribution in [0.2, 0.25) is 0 Å². The first kappa shape index (κ1) is 26.9. The average molecular weight is 530 g/mol. The second-order valence-corrected chi connectivity index (χ2v) is 12.6. The van der Waals surface area contributed by atoms with E-state index in [0.717, 1.165) is 10.6 Å². The Hall–Kier alpha value is -2.68. The van der Waals surface area contributed by atoms with Crippen LogP contribution in [0.1, 0.15) is 24.2 Å². The van der Waals surface area contributed by atoms with Crippen molar-refractivity contribution in [1.82, 2.24) is 18.8 Å². The second-order valence-electron chi connectivity index (χ2n) is 8.84. The first-order chi connectivity index (χ1) is 16.2. The predicted octanol–water partition coefficient (Wildman–Crippen LogP) is 0.332. The number of carbonyl (C=O) groups excluding carboxylic acids is 1. The van der Waals surface area contributed by atoms with Gasteiger partial charge in [0.15, 0.2) is 10.8 Å². The summed E-state index contributed by atoms with van der Waals surface area (Å²) in [6.07, 6.45) is 2.99. The molecule has 14 heteroatoms. The molecule has 0 radical (unpaired) electrons. The van der Waals surface area contributed by atoms with Crippen molar-refractivity contribution in [2.75, 3.05) is 37.7 Å². The molecule has 194 valence electrons. The van der Waals surface area contributed by atoms with Crippen LogP contribution in [0.4, 0.5) is 5.69 Å². The molecule has 2 N–H and O–H groups in total. The van der Waals surface area contributed by atoms with Crippen molar-refractivity contribution in [3.63, 3.8) is 0 Å². The maximum Gasteiger partial charge on any atom is 0.261 e. The van der Waals surface area contributed by atoms with Crippen LogP contribution in [-0.2, 0) is 27.1 Å². The number of para-hydroxylation sites is 1. The van der Waals surface area contributed by atoms with Gasteiger partial charge in [0.25, 0.3) is 15.9 Å². The number of nitrogens with one attached hydrogen (secondary N) is 1. The number of aromatic nitrogens is 2. The number of benzene rings is 1. The lowest BCUT2D eigenvalue weighted by molar-refractivity contribution is 0.0389. The SMILES string of the molecule is C[C@H]1CN([C@@H](C)CO)C(=O)c2cccc(NS(C)(=O)=O)c2O[C@H]1CN(C)S(=O)(=O)c1cn(C)cn1. The molecule has 0 saturated carbocycles. The molecule has 3 atom stereocenters. The van der Waals surface area contributed by atoms with E-state index in [1.54, 1.807) is 20.9 Å². The zero-order chi connectivity index (χ0) is 26.1. The highest BCUT2D eigenvalue weighted by Gasteiger charge is 2.36. The van der Waals surface area contributed by atoms with Crippen LogP contribution in [-0.4, -0.2) is 91.8 Å². The Labute approximate surface area is 205 Å². The summed E-state index contributed by atoms with van der Waals surface area (Å²) < 4.78 is 61.2. The number of likely N-dealkylation sites (N-methyl/N-ethyl adjacent to an activating group) is 1. The maximum absolute atomic E-state index is 13.4. The minimum absolute atomic E-state index is 0.00162. The molecule has 0 saturated heterocycles. The number of aliphatic hydroxyl groups is 1. The molecule has 35 heavy (non-hydrogen) atoms. The lowest BCUT2D eigenvalue weighted by Gasteiger charge is -2.38. The van der Waals surface area contributed by atoms with E-state index in [1.165, 1.54) is 47.2 Å². The van der Waals surface area contributed by atoms with E-state index in [-0.39, 0.29) is 47.6 Å². The molecule has 3 rings (SSSR count). The van der Waals surface area contributed by atoms with Crippen LogP contribution in [0, 0.1) is 5.92 Å². The van der Waals surface area contributed by atoms with Gasteiger partial charge in [-0.05, 0) is 19.1 Å². The van der Waals surface area contributed by atoms with Gasteiger partial charge in [0.2, 0.25) is 10.0 Å². The Bertz CT molecular complexity index is 1290. The molecule has 0 spiro atoms. The molecule has 0 bridgehead atoms. The minimum atomic E-state index is -3.93. The van der Waals surface area contributed by atoms with E-state index >= 15 is 0 Å². The molecule has 2 aromatic rings. The number of imidazole rings is 1.